The number of benzene rings is 10. The lowest BCUT2D eigenvalue weighted by Crippen LogP contribution is -1.97. The number of H-pyrrole nitrogens is 1. The van der Waals surface area contributed by atoms with Crippen molar-refractivity contribution in [2.45, 2.75) is 0 Å². The van der Waals surface area contributed by atoms with Gasteiger partial charge >= 0.3 is 0 Å². The van der Waals surface area contributed by atoms with E-state index in [0.717, 1.165) is 110 Å². The van der Waals surface area contributed by atoms with Gasteiger partial charge in [-0.25, -0.2) is 4.98 Å². The molecule has 0 radical (unpaired) electrons. The second kappa shape index (κ2) is 13.3. The number of hydrogen-bond donors (Lipinski definition) is 1. The number of fused-ring (bicyclic) bond motifs is 13. The zero-order valence-corrected chi connectivity index (χ0v) is 34.6. The van der Waals surface area contributed by atoms with E-state index in [0.29, 0.717) is 11.6 Å². The van der Waals surface area contributed by atoms with E-state index in [9.17, 15) is 0 Å². The fourth-order valence-corrected chi connectivity index (χ4v) is 10.2. The highest BCUT2D eigenvalue weighted by Crippen LogP contribution is 2.46. The summed E-state index contributed by atoms with van der Waals surface area (Å²) < 4.78 is 13.5. The number of furan rings is 2. The molecule has 7 heteroatoms. The number of nitrogens with zero attached hydrogens (tertiary/aromatic N) is 3. The number of aromatic amines is 1. The molecule has 0 spiro atoms. The SMILES string of the molecule is Clc1nc(-c2ccc3ccccc3c2)nc(-c2ccc3c(c2)oc2cccc(-c4ccc5oc6c(-c7cccc8c7[nH]c7c9ccccc9ccc87)c7ccccc7cc6c5c4)c23)n1. The molecular formula is C57H31ClN4O2. The third-order valence-electron chi connectivity index (χ3n) is 13.0. The molecule has 0 aliphatic carbocycles. The number of halogens is 1. The highest BCUT2D eigenvalue weighted by atomic mass is 35.5. The van der Waals surface area contributed by atoms with Crippen molar-refractivity contribution < 1.29 is 8.83 Å². The minimum absolute atomic E-state index is 0.131. The third-order valence-corrected chi connectivity index (χ3v) is 13.1. The van der Waals surface area contributed by atoms with Gasteiger partial charge in [0.15, 0.2) is 11.6 Å². The molecule has 0 bridgehead atoms. The summed E-state index contributed by atoms with van der Waals surface area (Å²) in [6.45, 7) is 0. The lowest BCUT2D eigenvalue weighted by Gasteiger charge is -2.10. The molecule has 1 N–H and O–H groups in total. The lowest BCUT2D eigenvalue weighted by atomic mass is 9.93. The van der Waals surface area contributed by atoms with Crippen molar-refractivity contribution in [2.75, 3.05) is 0 Å². The molecule has 4 heterocycles. The molecule has 64 heavy (non-hydrogen) atoms. The fraction of sp³-hybridized carbons (Fsp3) is 0. The minimum Gasteiger partial charge on any atom is -0.456 e. The van der Waals surface area contributed by atoms with Gasteiger partial charge in [0, 0.05) is 60.0 Å². The maximum atomic E-state index is 6.93. The van der Waals surface area contributed by atoms with Gasteiger partial charge in [0.05, 0.1) is 11.0 Å². The Morgan fingerprint density at radius 2 is 1.05 bits per heavy atom. The molecule has 10 aromatic carbocycles. The van der Waals surface area contributed by atoms with E-state index in [2.05, 4.69) is 161 Å². The molecule has 298 valence electrons. The normalized spacial score (nSPS) is 12.1. The molecule has 0 atom stereocenters. The van der Waals surface area contributed by atoms with Gasteiger partial charge in [-0.15, -0.1) is 0 Å². The van der Waals surface area contributed by atoms with E-state index in [1.165, 1.54) is 21.5 Å². The van der Waals surface area contributed by atoms with E-state index in [1.807, 2.05) is 36.4 Å². The Kier molecular flexibility index (Phi) is 7.36. The van der Waals surface area contributed by atoms with Crippen LogP contribution in [0.15, 0.2) is 191 Å². The molecular weight excluding hydrogens is 808 g/mol. The van der Waals surface area contributed by atoms with Gasteiger partial charge in [-0.2, -0.15) is 9.97 Å². The highest BCUT2D eigenvalue weighted by Gasteiger charge is 2.22. The summed E-state index contributed by atoms with van der Waals surface area (Å²) in [5, 5.41) is 13.6. The fourth-order valence-electron chi connectivity index (χ4n) is 10.0. The largest absolute Gasteiger partial charge is 0.456 e. The van der Waals surface area contributed by atoms with Crippen LogP contribution in [-0.4, -0.2) is 19.9 Å². The first-order chi connectivity index (χ1) is 31.6. The topological polar surface area (TPSA) is 80.7 Å². The Hall–Kier alpha value is -8.32. The van der Waals surface area contributed by atoms with E-state index in [-0.39, 0.29) is 5.28 Å². The van der Waals surface area contributed by atoms with Crippen LogP contribution in [0, 0.1) is 0 Å². The maximum absolute atomic E-state index is 6.93. The third kappa shape index (κ3) is 5.24. The summed E-state index contributed by atoms with van der Waals surface area (Å²) in [6.07, 6.45) is 0. The van der Waals surface area contributed by atoms with E-state index >= 15 is 0 Å². The highest BCUT2D eigenvalue weighted by molar-refractivity contribution is 6.28. The molecule has 0 fully saturated rings. The smallest absolute Gasteiger partial charge is 0.226 e. The van der Waals surface area contributed by atoms with Crippen LogP contribution in [0.5, 0.6) is 0 Å². The minimum atomic E-state index is 0.131. The first-order valence-electron chi connectivity index (χ1n) is 21.3. The van der Waals surface area contributed by atoms with E-state index in [4.69, 9.17) is 25.4 Å². The van der Waals surface area contributed by atoms with Gasteiger partial charge in [0.25, 0.3) is 0 Å². The summed E-state index contributed by atoms with van der Waals surface area (Å²) in [7, 11) is 0. The molecule has 0 saturated carbocycles. The quantitative estimate of drug-likeness (QED) is 0.191. The Bertz CT molecular complexity index is 4290. The standard InChI is InChI=1S/C57H31ClN4O2/c58-57-61-55(36-20-19-31-9-1-2-11-33(31)27-36)60-56(62-57)37-22-25-43-49(30-37)63-48-18-8-15-38(50(43)48)35-23-26-47-45(28-35)46-29-34-12-4-5-13-39(34)51(54(46)64-47)44-17-7-16-41-42-24-21-32-10-3-6-14-40(32)52(42)59-53(41)44/h1-30,59H. The summed E-state index contributed by atoms with van der Waals surface area (Å²) >= 11 is 6.54. The first kappa shape index (κ1) is 35.3. The lowest BCUT2D eigenvalue weighted by molar-refractivity contribution is 0.669. The van der Waals surface area contributed by atoms with Crippen molar-refractivity contribution in [1.29, 1.82) is 0 Å². The van der Waals surface area contributed by atoms with Gasteiger partial charge < -0.3 is 13.8 Å². The Morgan fingerprint density at radius 1 is 0.375 bits per heavy atom. The molecule has 4 aromatic heterocycles. The van der Waals surface area contributed by atoms with Crippen LogP contribution < -0.4 is 0 Å². The second-order valence-corrected chi connectivity index (χ2v) is 16.9. The van der Waals surface area contributed by atoms with Gasteiger partial charge in [0.2, 0.25) is 5.28 Å². The zero-order valence-electron chi connectivity index (χ0n) is 33.9. The second-order valence-electron chi connectivity index (χ2n) is 16.5. The van der Waals surface area contributed by atoms with Crippen molar-refractivity contribution in [3.63, 3.8) is 0 Å². The summed E-state index contributed by atoms with van der Waals surface area (Å²) in [5.74, 6) is 0.989. The summed E-state index contributed by atoms with van der Waals surface area (Å²) in [6, 6.07) is 63.7. The van der Waals surface area contributed by atoms with Crippen molar-refractivity contribution in [3.8, 4) is 45.0 Å². The molecule has 14 aromatic rings. The van der Waals surface area contributed by atoms with Gasteiger partial charge in [0.1, 0.15) is 22.3 Å². The molecule has 0 aliphatic heterocycles. The number of rotatable bonds is 4. The Labute approximate surface area is 369 Å². The number of aromatic nitrogens is 4. The maximum Gasteiger partial charge on any atom is 0.226 e. The number of nitrogens with one attached hydrogen (secondary N) is 1. The van der Waals surface area contributed by atoms with Gasteiger partial charge in [-0.1, -0.05) is 140 Å². The predicted molar refractivity (Wildman–Crippen MR) is 263 cm³/mol. The van der Waals surface area contributed by atoms with Crippen molar-refractivity contribution in [2.24, 2.45) is 0 Å². The Balaban J connectivity index is 0.914. The van der Waals surface area contributed by atoms with E-state index < -0.39 is 0 Å². The molecule has 0 saturated heterocycles. The van der Waals surface area contributed by atoms with Crippen LogP contribution in [0.3, 0.4) is 0 Å². The van der Waals surface area contributed by atoms with E-state index in [1.54, 1.807) is 0 Å². The summed E-state index contributed by atoms with van der Waals surface area (Å²) in [4.78, 5) is 17.8. The van der Waals surface area contributed by atoms with Crippen LogP contribution in [-0.2, 0) is 0 Å². The molecule has 0 amide bonds. The first-order valence-corrected chi connectivity index (χ1v) is 21.6. The van der Waals surface area contributed by atoms with Crippen molar-refractivity contribution >= 4 is 110 Å². The van der Waals surface area contributed by atoms with Gasteiger partial charge in [-0.05, 0) is 92.1 Å². The van der Waals surface area contributed by atoms with Crippen molar-refractivity contribution in [1.82, 2.24) is 19.9 Å². The predicted octanol–water partition coefficient (Wildman–Crippen LogP) is 16.1. The monoisotopic (exact) mass is 838 g/mol. The number of para-hydroxylation sites is 1. The Morgan fingerprint density at radius 3 is 1.94 bits per heavy atom. The van der Waals surface area contributed by atoms with Crippen LogP contribution in [0.25, 0.3) is 143 Å². The molecule has 6 nitrogen and oxygen atoms in total. The zero-order chi connectivity index (χ0) is 42.0. The average molecular weight is 839 g/mol. The van der Waals surface area contributed by atoms with Crippen molar-refractivity contribution in [3.05, 3.63) is 187 Å². The van der Waals surface area contributed by atoms with Crippen LogP contribution in [0.4, 0.5) is 0 Å². The van der Waals surface area contributed by atoms with Crippen LogP contribution in [0.2, 0.25) is 5.28 Å². The summed E-state index contributed by atoms with van der Waals surface area (Å²) in [5.41, 5.74) is 11.4. The molecule has 0 aliphatic rings. The molecule has 0 unspecified atom stereocenters. The number of hydrogen-bond acceptors (Lipinski definition) is 5. The van der Waals surface area contributed by atoms with Crippen LogP contribution in [0.1, 0.15) is 0 Å². The molecule has 14 rings (SSSR count). The average Bonchev–Trinajstić information content (AvgIpc) is 4.04. The van der Waals surface area contributed by atoms with Crippen LogP contribution >= 0.6 is 11.6 Å². The van der Waals surface area contributed by atoms with Gasteiger partial charge in [-0.3, -0.25) is 0 Å².